The molecule has 0 aliphatic rings. The van der Waals surface area contributed by atoms with Gasteiger partial charge in [-0.2, -0.15) is 0 Å². The minimum absolute atomic E-state index is 0.819. The molecule has 0 bridgehead atoms. The maximum absolute atomic E-state index is 5.56. The van der Waals surface area contributed by atoms with Crippen LogP contribution in [-0.4, -0.2) is 19.1 Å². The van der Waals surface area contributed by atoms with Gasteiger partial charge in [0, 0.05) is 53.0 Å². The topological polar surface area (TPSA) is 35.6 Å². The Bertz CT molecular complexity index is 3830. The van der Waals surface area contributed by atoms with E-state index in [9.17, 15) is 0 Å². The van der Waals surface area contributed by atoms with Gasteiger partial charge >= 0.3 is 0 Å². The zero-order valence-electron chi connectivity index (χ0n) is 30.5. The first-order chi connectivity index (χ1) is 28.3. The summed E-state index contributed by atoms with van der Waals surface area (Å²) in [5.41, 5.74) is 9.33. The third kappa shape index (κ3) is 4.37. The number of thiophene rings is 1. The molecule has 13 aromatic rings. The maximum atomic E-state index is 5.56. The number of para-hydroxylation sites is 3. The van der Waals surface area contributed by atoms with Crippen LogP contribution in [0.1, 0.15) is 0 Å². The van der Waals surface area contributed by atoms with E-state index in [1.54, 1.807) is 0 Å². The van der Waals surface area contributed by atoms with E-state index in [1.807, 2.05) is 17.4 Å². The summed E-state index contributed by atoms with van der Waals surface area (Å²) in [6.07, 6.45) is 0. The normalized spacial score (nSPS) is 12.2. The lowest BCUT2D eigenvalue weighted by Crippen LogP contribution is -2.04. The largest absolute Gasteiger partial charge is 0.309 e. The molecule has 0 amide bonds. The molecule has 0 atom stereocenters. The number of aromatic nitrogens is 4. The standard InChI is InChI=1S/C52H30N4S/c1-2-14-33-29-46-41(28-32(33)13-1)36-16-5-9-22-44(36)55(46)34-25-26-39-47(30-34)56(45-27-24-31-12-3-4-15-35(31)49(39)45)52-50(53-42-20-7-8-21-43(42)54-52)40-19-11-18-38-37-17-6-10-23-48(37)57-51(38)40/h1-30H. The van der Waals surface area contributed by atoms with Crippen LogP contribution in [0.4, 0.5) is 0 Å². The molecular weight excluding hydrogens is 713 g/mol. The van der Waals surface area contributed by atoms with Crippen molar-refractivity contribution in [2.75, 3.05) is 0 Å². The summed E-state index contributed by atoms with van der Waals surface area (Å²) in [4.78, 5) is 11.1. The van der Waals surface area contributed by atoms with E-state index in [-0.39, 0.29) is 0 Å². The van der Waals surface area contributed by atoms with Gasteiger partial charge in [-0.15, -0.1) is 11.3 Å². The third-order valence-electron chi connectivity index (χ3n) is 11.9. The van der Waals surface area contributed by atoms with E-state index in [1.165, 1.54) is 74.3 Å². The van der Waals surface area contributed by atoms with E-state index in [2.05, 4.69) is 185 Å². The number of rotatable bonds is 3. The second-order valence-corrected chi connectivity index (χ2v) is 16.0. The Morgan fingerprint density at radius 3 is 1.95 bits per heavy atom. The third-order valence-corrected chi connectivity index (χ3v) is 13.1. The van der Waals surface area contributed by atoms with Gasteiger partial charge in [-0.25, -0.2) is 9.97 Å². The predicted octanol–water partition coefficient (Wildman–Crippen LogP) is 14.2. The van der Waals surface area contributed by atoms with Gasteiger partial charge in [0.05, 0.1) is 33.1 Å². The molecule has 0 unspecified atom stereocenters. The monoisotopic (exact) mass is 742 g/mol. The Kier molecular flexibility index (Phi) is 6.29. The zero-order valence-corrected chi connectivity index (χ0v) is 31.3. The highest BCUT2D eigenvalue weighted by Crippen LogP contribution is 2.44. The first-order valence-electron chi connectivity index (χ1n) is 19.3. The van der Waals surface area contributed by atoms with Crippen LogP contribution >= 0.6 is 11.3 Å². The molecule has 0 N–H and O–H groups in total. The first kappa shape index (κ1) is 30.9. The van der Waals surface area contributed by atoms with Gasteiger partial charge in [-0.1, -0.05) is 127 Å². The van der Waals surface area contributed by atoms with Gasteiger partial charge < -0.3 is 4.57 Å². The van der Waals surface area contributed by atoms with Crippen molar-refractivity contribution in [3.8, 4) is 22.8 Å². The molecule has 0 saturated heterocycles. The fraction of sp³-hybridized carbons (Fsp3) is 0. The molecule has 13 rings (SSSR count). The van der Waals surface area contributed by atoms with Gasteiger partial charge in [0.15, 0.2) is 5.82 Å². The smallest absolute Gasteiger partial charge is 0.165 e. The first-order valence-corrected chi connectivity index (χ1v) is 20.1. The van der Waals surface area contributed by atoms with Gasteiger partial charge in [-0.05, 0) is 76.1 Å². The molecule has 9 aromatic carbocycles. The van der Waals surface area contributed by atoms with Crippen LogP contribution < -0.4 is 0 Å². The quantitative estimate of drug-likeness (QED) is 0.181. The van der Waals surface area contributed by atoms with Gasteiger partial charge in [0.25, 0.3) is 0 Å². The Morgan fingerprint density at radius 1 is 0.386 bits per heavy atom. The second-order valence-electron chi connectivity index (χ2n) is 15.0. The van der Waals surface area contributed by atoms with Crippen LogP contribution in [0.3, 0.4) is 0 Å². The molecule has 0 aliphatic heterocycles. The van der Waals surface area contributed by atoms with Crippen LogP contribution in [0, 0.1) is 0 Å². The Hall–Kier alpha value is -7.34. The summed E-state index contributed by atoms with van der Waals surface area (Å²) in [6.45, 7) is 0. The Labute approximate surface area is 330 Å². The van der Waals surface area contributed by atoms with Gasteiger partial charge in [0.2, 0.25) is 0 Å². The van der Waals surface area contributed by atoms with Crippen molar-refractivity contribution in [3.63, 3.8) is 0 Å². The van der Waals surface area contributed by atoms with Crippen molar-refractivity contribution in [2.24, 2.45) is 0 Å². The van der Waals surface area contributed by atoms with E-state index >= 15 is 0 Å². The van der Waals surface area contributed by atoms with Crippen LogP contribution in [0.5, 0.6) is 0 Å². The minimum atomic E-state index is 0.819. The van der Waals surface area contributed by atoms with E-state index < -0.39 is 0 Å². The van der Waals surface area contributed by atoms with Crippen LogP contribution in [0.25, 0.3) is 119 Å². The number of nitrogens with zero attached hydrogens (tertiary/aromatic N) is 4. The lowest BCUT2D eigenvalue weighted by Gasteiger charge is -2.15. The van der Waals surface area contributed by atoms with Crippen molar-refractivity contribution >= 4 is 108 Å². The highest BCUT2D eigenvalue weighted by Gasteiger charge is 2.24. The summed E-state index contributed by atoms with van der Waals surface area (Å²) >= 11 is 1.83. The van der Waals surface area contributed by atoms with Crippen molar-refractivity contribution in [1.82, 2.24) is 19.1 Å². The molecular formula is C52H30N4S. The predicted molar refractivity (Wildman–Crippen MR) is 242 cm³/mol. The average Bonchev–Trinajstić information content (AvgIpc) is 3.92. The highest BCUT2D eigenvalue weighted by atomic mass is 32.1. The number of hydrogen-bond donors (Lipinski definition) is 0. The number of fused-ring (bicyclic) bond motifs is 13. The Balaban J connectivity index is 1.18. The molecule has 5 heteroatoms. The fourth-order valence-corrected chi connectivity index (χ4v) is 10.6. The molecule has 4 aromatic heterocycles. The zero-order chi connectivity index (χ0) is 37.2. The fourth-order valence-electron chi connectivity index (χ4n) is 9.34. The minimum Gasteiger partial charge on any atom is -0.309 e. The molecule has 4 heterocycles. The number of benzene rings is 9. The maximum Gasteiger partial charge on any atom is 0.165 e. The summed E-state index contributed by atoms with van der Waals surface area (Å²) < 4.78 is 7.29. The molecule has 4 nitrogen and oxygen atoms in total. The van der Waals surface area contributed by atoms with Gasteiger partial charge in [0.1, 0.15) is 5.69 Å². The number of hydrogen-bond acceptors (Lipinski definition) is 3. The Morgan fingerprint density at radius 2 is 1.07 bits per heavy atom. The van der Waals surface area contributed by atoms with Crippen molar-refractivity contribution in [3.05, 3.63) is 182 Å². The van der Waals surface area contributed by atoms with Crippen LogP contribution in [0.2, 0.25) is 0 Å². The van der Waals surface area contributed by atoms with Crippen molar-refractivity contribution < 1.29 is 0 Å². The van der Waals surface area contributed by atoms with Crippen LogP contribution in [0.15, 0.2) is 182 Å². The SMILES string of the molecule is c1ccc2cc3c(cc2c1)c1ccccc1n3-c1ccc2c3c4ccccc4ccc3n(-c3nc4ccccc4nc3-c3cccc4c3sc3ccccc34)c2c1. The molecule has 0 radical (unpaired) electrons. The lowest BCUT2D eigenvalue weighted by atomic mass is 10.0. The summed E-state index contributed by atoms with van der Waals surface area (Å²) in [5.74, 6) is 0.819. The van der Waals surface area contributed by atoms with Gasteiger partial charge in [-0.3, -0.25) is 4.57 Å². The van der Waals surface area contributed by atoms with Crippen LogP contribution in [-0.2, 0) is 0 Å². The highest BCUT2D eigenvalue weighted by molar-refractivity contribution is 7.26. The summed E-state index contributed by atoms with van der Waals surface area (Å²) in [5, 5.41) is 12.3. The molecule has 264 valence electrons. The van der Waals surface area contributed by atoms with E-state index in [0.29, 0.717) is 0 Å². The average molecular weight is 743 g/mol. The van der Waals surface area contributed by atoms with E-state index in [0.717, 1.165) is 44.8 Å². The lowest BCUT2D eigenvalue weighted by molar-refractivity contribution is 1.08. The molecule has 0 saturated carbocycles. The van der Waals surface area contributed by atoms with E-state index in [4.69, 9.17) is 9.97 Å². The summed E-state index contributed by atoms with van der Waals surface area (Å²) in [6, 6.07) is 65.9. The summed E-state index contributed by atoms with van der Waals surface area (Å²) in [7, 11) is 0. The van der Waals surface area contributed by atoms with Crippen molar-refractivity contribution in [1.29, 1.82) is 0 Å². The molecule has 57 heavy (non-hydrogen) atoms. The van der Waals surface area contributed by atoms with Crippen molar-refractivity contribution in [2.45, 2.75) is 0 Å². The molecule has 0 aliphatic carbocycles. The molecule has 0 fully saturated rings. The second kappa shape index (κ2) is 11.6. The molecule has 0 spiro atoms.